The molecular weight excluding hydrogens is 240 g/mol. The van der Waals surface area contributed by atoms with Crippen LogP contribution in [0.25, 0.3) is 0 Å². The van der Waals surface area contributed by atoms with Gasteiger partial charge in [0.1, 0.15) is 13.2 Å². The van der Waals surface area contributed by atoms with Gasteiger partial charge in [0.2, 0.25) is 0 Å². The SMILES string of the molecule is CNCC(C)(C)NCCc1ccc2c(c1)OCCO2. The number of nitrogens with one attached hydrogen (secondary N) is 2. The lowest BCUT2D eigenvalue weighted by molar-refractivity contribution is 0.171. The van der Waals surface area contributed by atoms with Crippen LogP contribution in [0.4, 0.5) is 0 Å². The van der Waals surface area contributed by atoms with Gasteiger partial charge < -0.3 is 20.1 Å². The van der Waals surface area contributed by atoms with E-state index in [0.717, 1.165) is 31.0 Å². The summed E-state index contributed by atoms with van der Waals surface area (Å²) < 4.78 is 11.1. The van der Waals surface area contributed by atoms with Gasteiger partial charge in [-0.15, -0.1) is 0 Å². The third-order valence-electron chi connectivity index (χ3n) is 3.24. The Morgan fingerprint density at radius 1 is 1.16 bits per heavy atom. The molecule has 106 valence electrons. The fraction of sp³-hybridized carbons (Fsp3) is 0.600. The third kappa shape index (κ3) is 4.11. The molecule has 19 heavy (non-hydrogen) atoms. The standard InChI is InChI=1S/C15H24N2O2/c1-15(2,11-16-3)17-7-6-12-4-5-13-14(10-12)19-9-8-18-13/h4-5,10,16-17H,6-9,11H2,1-3H3. The van der Waals surface area contributed by atoms with Crippen molar-refractivity contribution in [3.8, 4) is 11.5 Å². The molecule has 2 rings (SSSR count). The molecule has 0 saturated carbocycles. The average molecular weight is 264 g/mol. The van der Waals surface area contributed by atoms with Gasteiger partial charge in [0.15, 0.2) is 11.5 Å². The molecule has 0 unspecified atom stereocenters. The van der Waals surface area contributed by atoms with Crippen LogP contribution in [0.1, 0.15) is 19.4 Å². The van der Waals surface area contributed by atoms with Crippen LogP contribution in [-0.4, -0.2) is 38.9 Å². The van der Waals surface area contributed by atoms with Crippen molar-refractivity contribution >= 4 is 0 Å². The fourth-order valence-corrected chi connectivity index (χ4v) is 2.29. The number of ether oxygens (including phenoxy) is 2. The number of fused-ring (bicyclic) bond motifs is 1. The molecule has 0 atom stereocenters. The molecule has 1 aliphatic heterocycles. The summed E-state index contributed by atoms with van der Waals surface area (Å²) in [6.07, 6.45) is 0.990. The van der Waals surface area contributed by atoms with Gasteiger partial charge in [0.05, 0.1) is 0 Å². The van der Waals surface area contributed by atoms with Crippen LogP contribution in [-0.2, 0) is 6.42 Å². The average Bonchev–Trinajstić information content (AvgIpc) is 2.38. The van der Waals surface area contributed by atoms with Crippen molar-refractivity contribution in [2.45, 2.75) is 25.8 Å². The van der Waals surface area contributed by atoms with E-state index in [9.17, 15) is 0 Å². The molecule has 2 N–H and O–H groups in total. The first kappa shape index (κ1) is 14.2. The van der Waals surface area contributed by atoms with Gasteiger partial charge in [-0.2, -0.15) is 0 Å². The van der Waals surface area contributed by atoms with E-state index < -0.39 is 0 Å². The van der Waals surface area contributed by atoms with Gasteiger partial charge in [-0.3, -0.25) is 0 Å². The largest absolute Gasteiger partial charge is 0.486 e. The van der Waals surface area contributed by atoms with Gasteiger partial charge in [-0.25, -0.2) is 0 Å². The van der Waals surface area contributed by atoms with Crippen molar-refractivity contribution in [3.05, 3.63) is 23.8 Å². The third-order valence-corrected chi connectivity index (χ3v) is 3.24. The zero-order valence-corrected chi connectivity index (χ0v) is 12.1. The number of benzene rings is 1. The Balaban J connectivity index is 1.86. The van der Waals surface area contributed by atoms with Crippen LogP contribution in [0.15, 0.2) is 18.2 Å². The number of likely N-dealkylation sites (N-methyl/N-ethyl adjacent to an activating group) is 1. The molecular formula is C15H24N2O2. The topological polar surface area (TPSA) is 42.5 Å². The Morgan fingerprint density at radius 3 is 2.63 bits per heavy atom. The van der Waals surface area contributed by atoms with Crippen molar-refractivity contribution in [2.75, 3.05) is 33.4 Å². The Morgan fingerprint density at radius 2 is 1.89 bits per heavy atom. The van der Waals surface area contributed by atoms with E-state index in [2.05, 4.69) is 36.6 Å². The zero-order valence-electron chi connectivity index (χ0n) is 12.1. The maximum Gasteiger partial charge on any atom is 0.161 e. The van der Waals surface area contributed by atoms with Crippen molar-refractivity contribution < 1.29 is 9.47 Å². The summed E-state index contributed by atoms with van der Waals surface area (Å²) in [5.41, 5.74) is 1.39. The van der Waals surface area contributed by atoms with Crippen LogP contribution in [0.2, 0.25) is 0 Å². The van der Waals surface area contributed by atoms with Gasteiger partial charge in [0, 0.05) is 12.1 Å². The van der Waals surface area contributed by atoms with E-state index in [1.54, 1.807) is 0 Å². The lowest BCUT2D eigenvalue weighted by Gasteiger charge is -2.26. The maximum atomic E-state index is 5.59. The molecule has 1 heterocycles. The molecule has 4 heteroatoms. The summed E-state index contributed by atoms with van der Waals surface area (Å²) in [6.45, 7) is 7.60. The Kier molecular flexibility index (Phi) is 4.66. The molecule has 0 aromatic heterocycles. The van der Waals surface area contributed by atoms with Crippen LogP contribution in [0.5, 0.6) is 11.5 Å². The molecule has 0 bridgehead atoms. The summed E-state index contributed by atoms with van der Waals surface area (Å²) in [5, 5.41) is 6.75. The first-order valence-electron chi connectivity index (χ1n) is 6.89. The van der Waals surface area contributed by atoms with Crippen LogP contribution < -0.4 is 20.1 Å². The summed E-state index contributed by atoms with van der Waals surface area (Å²) in [7, 11) is 1.98. The first-order chi connectivity index (χ1) is 9.11. The van der Waals surface area contributed by atoms with Gasteiger partial charge >= 0.3 is 0 Å². The van der Waals surface area contributed by atoms with E-state index in [1.807, 2.05) is 13.1 Å². The summed E-state index contributed by atoms with van der Waals surface area (Å²) >= 11 is 0. The maximum absolute atomic E-state index is 5.59. The first-order valence-corrected chi connectivity index (χ1v) is 6.89. The normalized spacial score (nSPS) is 14.5. The molecule has 1 aliphatic rings. The summed E-state index contributed by atoms with van der Waals surface area (Å²) in [5.74, 6) is 1.73. The monoisotopic (exact) mass is 264 g/mol. The molecule has 0 amide bonds. The summed E-state index contributed by atoms with van der Waals surface area (Å²) in [6, 6.07) is 6.20. The lowest BCUT2D eigenvalue weighted by atomic mass is 10.0. The molecule has 4 nitrogen and oxygen atoms in total. The zero-order chi connectivity index (χ0) is 13.7. The van der Waals surface area contributed by atoms with E-state index >= 15 is 0 Å². The Labute approximate surface area is 115 Å². The Hall–Kier alpha value is -1.26. The lowest BCUT2D eigenvalue weighted by Crippen LogP contribution is -2.47. The van der Waals surface area contributed by atoms with E-state index in [-0.39, 0.29) is 5.54 Å². The smallest absolute Gasteiger partial charge is 0.161 e. The fourth-order valence-electron chi connectivity index (χ4n) is 2.29. The second-order valence-electron chi connectivity index (χ2n) is 5.57. The summed E-state index contributed by atoms with van der Waals surface area (Å²) in [4.78, 5) is 0. The molecule has 0 radical (unpaired) electrons. The minimum absolute atomic E-state index is 0.114. The number of rotatable bonds is 6. The van der Waals surface area contributed by atoms with Crippen molar-refractivity contribution in [2.24, 2.45) is 0 Å². The van der Waals surface area contributed by atoms with Crippen LogP contribution in [0, 0.1) is 0 Å². The predicted octanol–water partition coefficient (Wildman–Crippen LogP) is 1.59. The van der Waals surface area contributed by atoms with E-state index in [4.69, 9.17) is 9.47 Å². The molecule has 1 aromatic rings. The van der Waals surface area contributed by atoms with E-state index in [1.165, 1.54) is 5.56 Å². The van der Waals surface area contributed by atoms with Crippen molar-refractivity contribution in [1.82, 2.24) is 10.6 Å². The second kappa shape index (κ2) is 6.26. The highest BCUT2D eigenvalue weighted by molar-refractivity contribution is 5.43. The Bertz CT molecular complexity index is 419. The molecule has 0 saturated heterocycles. The number of hydrogen-bond donors (Lipinski definition) is 2. The minimum Gasteiger partial charge on any atom is -0.486 e. The highest BCUT2D eigenvalue weighted by atomic mass is 16.6. The number of hydrogen-bond acceptors (Lipinski definition) is 4. The molecule has 0 spiro atoms. The molecule has 1 aromatic carbocycles. The van der Waals surface area contributed by atoms with Crippen LogP contribution >= 0.6 is 0 Å². The quantitative estimate of drug-likeness (QED) is 0.819. The minimum atomic E-state index is 0.114. The van der Waals surface area contributed by atoms with Gasteiger partial charge in [-0.05, 0) is 51.6 Å². The predicted molar refractivity (Wildman–Crippen MR) is 77.1 cm³/mol. The van der Waals surface area contributed by atoms with E-state index in [0.29, 0.717) is 13.2 Å². The highest BCUT2D eigenvalue weighted by Gasteiger charge is 2.15. The van der Waals surface area contributed by atoms with Gasteiger partial charge in [0.25, 0.3) is 0 Å². The molecule has 0 aliphatic carbocycles. The van der Waals surface area contributed by atoms with Crippen molar-refractivity contribution in [1.29, 1.82) is 0 Å². The van der Waals surface area contributed by atoms with Gasteiger partial charge in [-0.1, -0.05) is 6.07 Å². The van der Waals surface area contributed by atoms with Crippen molar-refractivity contribution in [3.63, 3.8) is 0 Å². The van der Waals surface area contributed by atoms with Crippen LogP contribution in [0.3, 0.4) is 0 Å². The second-order valence-corrected chi connectivity index (χ2v) is 5.57. The highest BCUT2D eigenvalue weighted by Crippen LogP contribution is 2.30. The molecule has 0 fully saturated rings.